The molecule has 6 heteroatoms. The normalized spacial score (nSPS) is 10.2. The first-order valence-electron chi connectivity index (χ1n) is 3.66. The maximum absolute atomic E-state index is 12.3. The van der Waals surface area contributed by atoms with Crippen LogP contribution in [0.4, 0.5) is 14.6 Å². The van der Waals surface area contributed by atoms with E-state index in [-0.39, 0.29) is 17.9 Å². The molecule has 1 heterocycles. The average Bonchev–Trinajstić information content (AvgIpc) is 2.12. The number of aromatic nitrogens is 1. The van der Waals surface area contributed by atoms with E-state index in [1.807, 2.05) is 28.7 Å². The first kappa shape index (κ1) is 11.1. The first-order valence-corrected chi connectivity index (χ1v) is 4.74. The summed E-state index contributed by atoms with van der Waals surface area (Å²) in [6.45, 7) is 0. The van der Waals surface area contributed by atoms with Gasteiger partial charge in [-0.15, -0.1) is 0 Å². The van der Waals surface area contributed by atoms with E-state index in [4.69, 9.17) is 11.0 Å². The van der Waals surface area contributed by atoms with Crippen LogP contribution >= 0.6 is 22.6 Å². The van der Waals surface area contributed by atoms with Crippen molar-refractivity contribution in [3.05, 3.63) is 20.9 Å². The van der Waals surface area contributed by atoms with Crippen molar-refractivity contribution in [1.29, 1.82) is 5.26 Å². The van der Waals surface area contributed by atoms with Crippen molar-refractivity contribution < 1.29 is 8.78 Å². The van der Waals surface area contributed by atoms with E-state index >= 15 is 0 Å². The van der Waals surface area contributed by atoms with E-state index in [0.29, 0.717) is 9.13 Å². The van der Waals surface area contributed by atoms with E-state index in [1.54, 1.807) is 0 Å². The van der Waals surface area contributed by atoms with Crippen LogP contribution in [0.3, 0.4) is 0 Å². The van der Waals surface area contributed by atoms with Crippen LogP contribution < -0.4 is 5.73 Å². The van der Waals surface area contributed by atoms with Gasteiger partial charge < -0.3 is 5.73 Å². The Morgan fingerprint density at radius 1 is 1.64 bits per heavy atom. The van der Waals surface area contributed by atoms with Crippen molar-refractivity contribution in [3.63, 3.8) is 0 Å². The quantitative estimate of drug-likeness (QED) is 0.853. The van der Waals surface area contributed by atoms with Crippen LogP contribution in [0.15, 0.2) is 6.07 Å². The summed E-state index contributed by atoms with van der Waals surface area (Å²) in [5.41, 5.74) is 5.54. The molecule has 1 aromatic rings. The Bertz CT molecular complexity index is 387. The van der Waals surface area contributed by atoms with Crippen molar-refractivity contribution in [2.24, 2.45) is 0 Å². The predicted octanol–water partition coefficient (Wildman–Crippen LogP) is 2.27. The Morgan fingerprint density at radius 3 is 2.79 bits per heavy atom. The second kappa shape index (κ2) is 4.50. The molecule has 0 bridgehead atoms. The van der Waals surface area contributed by atoms with Gasteiger partial charge in [-0.05, 0) is 34.2 Å². The second-order valence-electron chi connectivity index (χ2n) is 2.54. The maximum atomic E-state index is 12.3. The molecule has 0 saturated heterocycles. The van der Waals surface area contributed by atoms with Gasteiger partial charge in [-0.1, -0.05) is 0 Å². The highest BCUT2D eigenvalue weighted by atomic mass is 127. The van der Waals surface area contributed by atoms with E-state index in [9.17, 15) is 8.78 Å². The van der Waals surface area contributed by atoms with Crippen molar-refractivity contribution in [3.8, 4) is 6.07 Å². The van der Waals surface area contributed by atoms with Gasteiger partial charge in [0.05, 0.1) is 16.1 Å². The number of rotatable bonds is 2. The summed E-state index contributed by atoms with van der Waals surface area (Å²) in [7, 11) is 0. The Morgan fingerprint density at radius 2 is 2.29 bits per heavy atom. The van der Waals surface area contributed by atoms with Gasteiger partial charge in [-0.2, -0.15) is 5.26 Å². The van der Waals surface area contributed by atoms with Crippen LogP contribution in [0, 0.1) is 14.9 Å². The van der Waals surface area contributed by atoms with Crippen LogP contribution in [-0.4, -0.2) is 4.98 Å². The molecule has 0 spiro atoms. The topological polar surface area (TPSA) is 62.7 Å². The highest BCUT2D eigenvalue weighted by Crippen LogP contribution is 2.24. The number of pyridine rings is 1. The Labute approximate surface area is 93.1 Å². The summed E-state index contributed by atoms with van der Waals surface area (Å²) >= 11 is 1.88. The summed E-state index contributed by atoms with van der Waals surface area (Å²) < 4.78 is 25.2. The minimum atomic E-state index is -2.66. The van der Waals surface area contributed by atoms with E-state index in [2.05, 4.69) is 4.98 Å². The van der Waals surface area contributed by atoms with Crippen LogP contribution in [0.25, 0.3) is 0 Å². The van der Waals surface area contributed by atoms with Crippen LogP contribution in [0.2, 0.25) is 0 Å². The molecule has 0 aliphatic rings. The first-order chi connectivity index (χ1) is 6.56. The van der Waals surface area contributed by atoms with Gasteiger partial charge in [0.1, 0.15) is 11.5 Å². The molecule has 0 fully saturated rings. The average molecular weight is 309 g/mol. The zero-order valence-corrected chi connectivity index (χ0v) is 9.12. The predicted molar refractivity (Wildman–Crippen MR) is 55.6 cm³/mol. The molecule has 74 valence electrons. The molecule has 1 aromatic heterocycles. The lowest BCUT2D eigenvalue weighted by Crippen LogP contribution is -2.03. The molecule has 14 heavy (non-hydrogen) atoms. The van der Waals surface area contributed by atoms with Crippen LogP contribution in [0.1, 0.15) is 17.7 Å². The van der Waals surface area contributed by atoms with Gasteiger partial charge in [0, 0.05) is 0 Å². The third-order valence-electron chi connectivity index (χ3n) is 1.57. The van der Waals surface area contributed by atoms with E-state index < -0.39 is 6.43 Å². The molecule has 0 unspecified atom stereocenters. The zero-order chi connectivity index (χ0) is 10.7. The van der Waals surface area contributed by atoms with Gasteiger partial charge in [-0.25, -0.2) is 13.8 Å². The Hall–Kier alpha value is -0.970. The number of nitrogens with two attached hydrogens (primary N) is 1. The molecular weight excluding hydrogens is 303 g/mol. The summed E-state index contributed by atoms with van der Waals surface area (Å²) in [5.74, 6) is 0.0497. The van der Waals surface area contributed by atoms with Crippen LogP contribution in [0.5, 0.6) is 0 Å². The molecular formula is C8H6F2IN3. The number of halogens is 3. The van der Waals surface area contributed by atoms with Gasteiger partial charge in [-0.3, -0.25) is 0 Å². The lowest BCUT2D eigenvalue weighted by molar-refractivity contribution is 0.146. The summed E-state index contributed by atoms with van der Waals surface area (Å²) in [6.07, 6.45) is -2.60. The minimum absolute atomic E-state index is 0.0497. The third-order valence-corrected chi connectivity index (χ3v) is 2.82. The standard InChI is InChI=1S/C8H6F2IN3/c9-7(10)5-3-4(1-2-12)6(11)8(13)14-5/h3,7H,1H2,(H2,13,14). The Kier molecular flexibility index (Phi) is 3.57. The second-order valence-corrected chi connectivity index (χ2v) is 3.62. The lowest BCUT2D eigenvalue weighted by Gasteiger charge is -2.06. The number of nitrogen functional groups attached to an aromatic ring is 1. The molecule has 0 aromatic carbocycles. The molecule has 1 rings (SSSR count). The van der Waals surface area contributed by atoms with E-state index in [0.717, 1.165) is 0 Å². The highest BCUT2D eigenvalue weighted by Gasteiger charge is 2.14. The molecule has 2 N–H and O–H groups in total. The van der Waals surface area contributed by atoms with Gasteiger partial charge in [0.15, 0.2) is 0 Å². The van der Waals surface area contributed by atoms with Gasteiger partial charge >= 0.3 is 0 Å². The van der Waals surface area contributed by atoms with Crippen molar-refractivity contribution in [2.75, 3.05) is 5.73 Å². The Balaban J connectivity index is 3.22. The SMILES string of the molecule is N#CCc1cc(C(F)F)nc(N)c1I. The molecule has 0 radical (unpaired) electrons. The molecule has 0 aliphatic carbocycles. The summed E-state index contributed by atoms with van der Waals surface area (Å²) in [5, 5.41) is 8.46. The van der Waals surface area contributed by atoms with Crippen molar-refractivity contribution in [2.45, 2.75) is 12.8 Å². The lowest BCUT2D eigenvalue weighted by atomic mass is 10.2. The molecule has 0 saturated carbocycles. The van der Waals surface area contributed by atoms with Crippen molar-refractivity contribution in [1.82, 2.24) is 4.98 Å². The largest absolute Gasteiger partial charge is 0.383 e. The number of alkyl halides is 2. The minimum Gasteiger partial charge on any atom is -0.383 e. The summed E-state index contributed by atoms with van der Waals surface area (Å²) in [6, 6.07) is 3.10. The van der Waals surface area contributed by atoms with Crippen molar-refractivity contribution >= 4 is 28.4 Å². The fourth-order valence-corrected chi connectivity index (χ4v) is 1.42. The fourth-order valence-electron chi connectivity index (χ4n) is 0.952. The van der Waals surface area contributed by atoms with E-state index in [1.165, 1.54) is 6.07 Å². The molecule has 3 nitrogen and oxygen atoms in total. The molecule has 0 aliphatic heterocycles. The zero-order valence-electron chi connectivity index (χ0n) is 6.97. The van der Waals surface area contributed by atoms with Gasteiger partial charge in [0.2, 0.25) is 0 Å². The molecule has 0 atom stereocenters. The number of nitrogens with zero attached hydrogens (tertiary/aromatic N) is 2. The van der Waals surface area contributed by atoms with Crippen LogP contribution in [-0.2, 0) is 6.42 Å². The molecule has 0 amide bonds. The number of hydrogen-bond acceptors (Lipinski definition) is 3. The highest BCUT2D eigenvalue weighted by molar-refractivity contribution is 14.1. The fraction of sp³-hybridized carbons (Fsp3) is 0.250. The maximum Gasteiger partial charge on any atom is 0.280 e. The summed E-state index contributed by atoms with van der Waals surface area (Å²) in [4.78, 5) is 3.53. The smallest absolute Gasteiger partial charge is 0.280 e. The number of nitriles is 1. The number of anilines is 1. The van der Waals surface area contributed by atoms with Gasteiger partial charge in [0.25, 0.3) is 6.43 Å². The monoisotopic (exact) mass is 309 g/mol. The third kappa shape index (κ3) is 2.29. The number of hydrogen-bond donors (Lipinski definition) is 1.